The molecular formula is C19H23NO2S. The van der Waals surface area contributed by atoms with Gasteiger partial charge in [-0.15, -0.1) is 11.3 Å². The molecular weight excluding hydrogens is 306 g/mol. The highest BCUT2D eigenvalue weighted by Gasteiger charge is 2.15. The van der Waals surface area contributed by atoms with E-state index in [0.717, 1.165) is 28.2 Å². The van der Waals surface area contributed by atoms with E-state index in [1.165, 1.54) is 11.3 Å². The average Bonchev–Trinajstić information content (AvgIpc) is 2.99. The third-order valence-corrected chi connectivity index (χ3v) is 4.75. The summed E-state index contributed by atoms with van der Waals surface area (Å²) in [7, 11) is 0. The molecule has 0 aliphatic heterocycles. The number of amides is 1. The lowest BCUT2D eigenvalue weighted by Crippen LogP contribution is -2.28. The lowest BCUT2D eigenvalue weighted by atomic mass is 10.0. The highest BCUT2D eigenvalue weighted by molar-refractivity contribution is 7.14. The average molecular weight is 329 g/mol. The number of hydrogen-bond acceptors (Lipinski definition) is 3. The van der Waals surface area contributed by atoms with Crippen LogP contribution in [0, 0.1) is 6.92 Å². The van der Waals surface area contributed by atoms with Gasteiger partial charge in [0.05, 0.1) is 10.9 Å². The van der Waals surface area contributed by atoms with Gasteiger partial charge in [0.15, 0.2) is 5.78 Å². The summed E-state index contributed by atoms with van der Waals surface area (Å²) in [5, 5.41) is 3.06. The maximum absolute atomic E-state index is 12.2. The number of thiophene rings is 1. The number of Topliss-reactive ketones (excluding diaryl/α,β-unsaturated/α-hetero) is 1. The Hall–Kier alpha value is -1.94. The maximum atomic E-state index is 12.2. The number of hydrogen-bond donors (Lipinski definition) is 1. The van der Waals surface area contributed by atoms with Crippen LogP contribution in [-0.2, 0) is 4.79 Å². The number of carbonyl (C=O) groups is 2. The molecule has 3 nitrogen and oxygen atoms in total. The fraction of sp³-hybridized carbons (Fsp3) is 0.368. The second kappa shape index (κ2) is 8.63. The molecule has 1 heterocycles. The van der Waals surface area contributed by atoms with Crippen molar-refractivity contribution in [2.24, 2.45) is 0 Å². The molecule has 0 aliphatic rings. The first-order valence-corrected chi connectivity index (χ1v) is 8.85. The van der Waals surface area contributed by atoms with Crippen molar-refractivity contribution in [2.75, 3.05) is 0 Å². The van der Waals surface area contributed by atoms with Gasteiger partial charge in [-0.2, -0.15) is 0 Å². The molecule has 0 radical (unpaired) electrons. The minimum Gasteiger partial charge on any atom is -0.349 e. The van der Waals surface area contributed by atoms with Gasteiger partial charge in [0.25, 0.3) is 0 Å². The van der Waals surface area contributed by atoms with Crippen LogP contribution in [0.2, 0.25) is 0 Å². The zero-order valence-electron chi connectivity index (χ0n) is 13.7. The third-order valence-electron chi connectivity index (χ3n) is 3.71. The normalized spacial score (nSPS) is 11.9. The van der Waals surface area contributed by atoms with Gasteiger partial charge in [-0.1, -0.05) is 43.7 Å². The molecule has 1 N–H and O–H groups in total. The molecule has 0 aliphatic carbocycles. The molecule has 1 atom stereocenters. The summed E-state index contributed by atoms with van der Waals surface area (Å²) < 4.78 is 0. The fourth-order valence-electron chi connectivity index (χ4n) is 2.50. The van der Waals surface area contributed by atoms with Crippen molar-refractivity contribution in [1.82, 2.24) is 5.32 Å². The summed E-state index contributed by atoms with van der Waals surface area (Å²) in [6.07, 6.45) is 2.39. The zero-order chi connectivity index (χ0) is 16.7. The van der Waals surface area contributed by atoms with Gasteiger partial charge in [0.1, 0.15) is 0 Å². The molecule has 4 heteroatoms. The molecule has 0 fully saturated rings. The summed E-state index contributed by atoms with van der Waals surface area (Å²) in [4.78, 5) is 26.1. The summed E-state index contributed by atoms with van der Waals surface area (Å²) in [6, 6.07) is 13.8. The lowest BCUT2D eigenvalue weighted by Gasteiger charge is -2.18. The smallest absolute Gasteiger partial charge is 0.220 e. The van der Waals surface area contributed by atoms with Crippen LogP contribution in [0.25, 0.3) is 0 Å². The Balaban J connectivity index is 1.88. The number of rotatable bonds is 8. The van der Waals surface area contributed by atoms with Gasteiger partial charge < -0.3 is 5.32 Å². The Morgan fingerprint density at radius 2 is 1.83 bits per heavy atom. The van der Waals surface area contributed by atoms with Crippen molar-refractivity contribution in [3.05, 3.63) is 57.8 Å². The summed E-state index contributed by atoms with van der Waals surface area (Å²) in [5.41, 5.74) is 1.11. The summed E-state index contributed by atoms with van der Waals surface area (Å²) in [5.74, 6) is -0.0149. The second-order valence-corrected chi connectivity index (χ2v) is 6.94. The van der Waals surface area contributed by atoms with E-state index >= 15 is 0 Å². The molecule has 1 unspecified atom stereocenters. The van der Waals surface area contributed by atoms with E-state index in [0.29, 0.717) is 0 Å². The number of aryl methyl sites for hydroxylation is 1. The minimum absolute atomic E-state index is 0.0211. The molecule has 122 valence electrons. The van der Waals surface area contributed by atoms with E-state index in [2.05, 4.69) is 12.2 Å². The van der Waals surface area contributed by atoms with Gasteiger partial charge in [-0.25, -0.2) is 0 Å². The van der Waals surface area contributed by atoms with Crippen LogP contribution in [0.3, 0.4) is 0 Å². The van der Waals surface area contributed by atoms with Crippen LogP contribution in [0.15, 0.2) is 42.5 Å². The fourth-order valence-corrected chi connectivity index (χ4v) is 3.33. The predicted molar refractivity (Wildman–Crippen MR) is 94.9 cm³/mol. The van der Waals surface area contributed by atoms with Crippen molar-refractivity contribution in [3.63, 3.8) is 0 Å². The van der Waals surface area contributed by atoms with Gasteiger partial charge >= 0.3 is 0 Å². The molecule has 2 aromatic rings. The Bertz CT molecular complexity index is 648. The second-order valence-electron chi connectivity index (χ2n) is 5.65. The van der Waals surface area contributed by atoms with Crippen LogP contribution < -0.4 is 5.32 Å². The Morgan fingerprint density at radius 1 is 1.09 bits per heavy atom. The lowest BCUT2D eigenvalue weighted by molar-refractivity contribution is -0.121. The summed E-state index contributed by atoms with van der Waals surface area (Å²) >= 11 is 1.49. The van der Waals surface area contributed by atoms with Crippen molar-refractivity contribution >= 4 is 23.0 Å². The summed E-state index contributed by atoms with van der Waals surface area (Å²) in [6.45, 7) is 4.08. The van der Waals surface area contributed by atoms with Gasteiger partial charge in [-0.3, -0.25) is 9.59 Å². The molecule has 0 saturated heterocycles. The monoisotopic (exact) mass is 329 g/mol. The maximum Gasteiger partial charge on any atom is 0.220 e. The van der Waals surface area contributed by atoms with E-state index < -0.39 is 0 Å². The van der Waals surface area contributed by atoms with Gasteiger partial charge in [-0.05, 0) is 31.0 Å². The van der Waals surface area contributed by atoms with Crippen LogP contribution in [0.4, 0.5) is 0 Å². The number of carbonyl (C=O) groups excluding carboxylic acids is 2. The van der Waals surface area contributed by atoms with Crippen LogP contribution in [0.5, 0.6) is 0 Å². The molecule has 0 spiro atoms. The molecule has 0 bridgehead atoms. The van der Waals surface area contributed by atoms with E-state index in [1.54, 1.807) is 0 Å². The van der Waals surface area contributed by atoms with Crippen LogP contribution >= 0.6 is 11.3 Å². The molecule has 0 saturated carbocycles. The number of benzene rings is 1. The van der Waals surface area contributed by atoms with Gasteiger partial charge in [0.2, 0.25) is 5.91 Å². The Kier molecular flexibility index (Phi) is 6.53. The van der Waals surface area contributed by atoms with Crippen molar-refractivity contribution in [3.8, 4) is 0 Å². The Labute approximate surface area is 141 Å². The van der Waals surface area contributed by atoms with Crippen molar-refractivity contribution in [2.45, 2.75) is 45.6 Å². The van der Waals surface area contributed by atoms with Gasteiger partial charge in [0, 0.05) is 17.7 Å². The highest BCUT2D eigenvalue weighted by atomic mass is 32.1. The zero-order valence-corrected chi connectivity index (χ0v) is 14.5. The van der Waals surface area contributed by atoms with E-state index in [4.69, 9.17) is 0 Å². The SMILES string of the molecule is CCCC(NC(=O)CCC(=O)c1ccc(C)s1)c1ccccc1. The molecule has 23 heavy (non-hydrogen) atoms. The van der Waals surface area contributed by atoms with Crippen LogP contribution in [-0.4, -0.2) is 11.7 Å². The van der Waals surface area contributed by atoms with Crippen molar-refractivity contribution < 1.29 is 9.59 Å². The molecule has 1 aromatic heterocycles. The molecule has 2 rings (SSSR count). The number of ketones is 1. The highest BCUT2D eigenvalue weighted by Crippen LogP contribution is 2.20. The first kappa shape index (κ1) is 17.4. The first-order chi connectivity index (χ1) is 11.1. The topological polar surface area (TPSA) is 46.2 Å². The van der Waals surface area contributed by atoms with Crippen molar-refractivity contribution in [1.29, 1.82) is 0 Å². The standard InChI is InChI=1S/C19H23NO2S/c1-3-7-16(15-8-5-4-6-9-15)20-19(22)13-11-17(21)18-12-10-14(2)23-18/h4-6,8-10,12,16H,3,7,11,13H2,1-2H3,(H,20,22). The molecule has 1 aromatic carbocycles. The molecule has 1 amide bonds. The van der Waals surface area contributed by atoms with Crippen LogP contribution in [0.1, 0.15) is 58.8 Å². The predicted octanol–water partition coefficient (Wildman–Crippen LogP) is 4.68. The van der Waals surface area contributed by atoms with E-state index in [-0.39, 0.29) is 30.6 Å². The Morgan fingerprint density at radius 3 is 2.43 bits per heavy atom. The minimum atomic E-state index is -0.0612. The number of nitrogens with one attached hydrogen (secondary N) is 1. The quantitative estimate of drug-likeness (QED) is 0.715. The largest absolute Gasteiger partial charge is 0.349 e. The van der Waals surface area contributed by atoms with E-state index in [1.807, 2.05) is 49.4 Å². The third kappa shape index (κ3) is 5.32. The van der Waals surface area contributed by atoms with E-state index in [9.17, 15) is 9.59 Å². The first-order valence-electron chi connectivity index (χ1n) is 8.04.